The van der Waals surface area contributed by atoms with Crippen LogP contribution in [0, 0.1) is 5.92 Å². The van der Waals surface area contributed by atoms with E-state index in [0.717, 1.165) is 82.9 Å². The third-order valence-corrected chi connectivity index (χ3v) is 8.19. The van der Waals surface area contributed by atoms with Gasteiger partial charge in [0.1, 0.15) is 0 Å². The van der Waals surface area contributed by atoms with Gasteiger partial charge in [-0.1, -0.05) is 19.3 Å². The largest absolute Gasteiger partial charge is 0.369 e. The SMILES string of the molecule is O=C(C1CCN(c2cnc(N3CCCCC3)nc2)CC1)N1CCN(C2CCCCC2)CC1. The van der Waals surface area contributed by atoms with Crippen molar-refractivity contribution in [3.8, 4) is 0 Å². The fourth-order valence-electron chi connectivity index (χ4n) is 6.13. The molecule has 7 heteroatoms. The van der Waals surface area contributed by atoms with Gasteiger partial charge in [0.25, 0.3) is 0 Å². The zero-order valence-corrected chi connectivity index (χ0v) is 19.6. The first kappa shape index (κ1) is 21.9. The van der Waals surface area contributed by atoms with Crippen LogP contribution in [0.1, 0.15) is 64.2 Å². The van der Waals surface area contributed by atoms with Gasteiger partial charge in [0.05, 0.1) is 18.1 Å². The van der Waals surface area contributed by atoms with Gasteiger partial charge in [-0.25, -0.2) is 9.97 Å². The molecule has 0 bridgehead atoms. The van der Waals surface area contributed by atoms with Gasteiger partial charge in [0.2, 0.25) is 11.9 Å². The van der Waals surface area contributed by atoms with Crippen LogP contribution in [0.4, 0.5) is 11.6 Å². The van der Waals surface area contributed by atoms with Crippen LogP contribution in [0.2, 0.25) is 0 Å². The lowest BCUT2D eigenvalue weighted by atomic mass is 9.93. The van der Waals surface area contributed by atoms with Crippen LogP contribution in [0.25, 0.3) is 0 Å². The molecular formula is C25H40N6O. The van der Waals surface area contributed by atoms with Crippen LogP contribution in [0.15, 0.2) is 12.4 Å². The quantitative estimate of drug-likeness (QED) is 0.717. The van der Waals surface area contributed by atoms with Gasteiger partial charge in [-0.2, -0.15) is 0 Å². The van der Waals surface area contributed by atoms with E-state index in [1.807, 2.05) is 12.4 Å². The number of nitrogens with zero attached hydrogens (tertiary/aromatic N) is 6. The average molecular weight is 441 g/mol. The van der Waals surface area contributed by atoms with E-state index >= 15 is 0 Å². The summed E-state index contributed by atoms with van der Waals surface area (Å²) in [6, 6.07) is 0.771. The van der Waals surface area contributed by atoms with Gasteiger partial charge in [-0.15, -0.1) is 0 Å². The van der Waals surface area contributed by atoms with Gasteiger partial charge in [0.15, 0.2) is 0 Å². The maximum atomic E-state index is 13.2. The molecule has 4 fully saturated rings. The lowest BCUT2D eigenvalue weighted by Gasteiger charge is -2.42. The summed E-state index contributed by atoms with van der Waals surface area (Å²) in [6.45, 7) is 7.95. The summed E-state index contributed by atoms with van der Waals surface area (Å²) >= 11 is 0. The zero-order chi connectivity index (χ0) is 21.8. The molecule has 0 N–H and O–H groups in total. The molecule has 4 aliphatic rings. The van der Waals surface area contributed by atoms with Crippen molar-refractivity contribution in [2.45, 2.75) is 70.3 Å². The van der Waals surface area contributed by atoms with Crippen molar-refractivity contribution in [2.24, 2.45) is 5.92 Å². The Morgan fingerprint density at radius 3 is 1.97 bits per heavy atom. The third kappa shape index (κ3) is 5.03. The van der Waals surface area contributed by atoms with Crippen LogP contribution in [-0.4, -0.2) is 84.1 Å². The molecule has 7 nitrogen and oxygen atoms in total. The number of hydrogen-bond acceptors (Lipinski definition) is 6. The standard InChI is InChI=1S/C25H40N6O/c32-24(30-17-15-29(16-18-30)22-7-3-1-4-8-22)21-9-13-28(14-10-21)23-19-26-25(27-20-23)31-11-5-2-6-12-31/h19-22H,1-18H2. The molecule has 4 heterocycles. The molecule has 1 saturated carbocycles. The van der Waals surface area contributed by atoms with Crippen molar-refractivity contribution >= 4 is 17.5 Å². The zero-order valence-electron chi connectivity index (χ0n) is 19.6. The molecule has 0 spiro atoms. The number of rotatable bonds is 4. The van der Waals surface area contributed by atoms with Gasteiger partial charge in [-0.05, 0) is 44.9 Å². The van der Waals surface area contributed by atoms with E-state index in [9.17, 15) is 4.79 Å². The Balaban J connectivity index is 1.08. The second kappa shape index (κ2) is 10.4. The minimum atomic E-state index is 0.182. The Morgan fingerprint density at radius 1 is 0.688 bits per heavy atom. The second-order valence-corrected chi connectivity index (χ2v) is 10.2. The van der Waals surface area contributed by atoms with Gasteiger partial charge >= 0.3 is 0 Å². The molecule has 0 atom stereocenters. The van der Waals surface area contributed by atoms with Crippen LogP contribution in [-0.2, 0) is 4.79 Å². The summed E-state index contributed by atoms with van der Waals surface area (Å²) in [5, 5.41) is 0. The molecule has 5 rings (SSSR count). The predicted octanol–water partition coefficient (Wildman–Crippen LogP) is 3.16. The van der Waals surface area contributed by atoms with Gasteiger partial charge in [0, 0.05) is 64.3 Å². The number of carbonyl (C=O) groups excluding carboxylic acids is 1. The summed E-state index contributed by atoms with van der Waals surface area (Å²) in [5.41, 5.74) is 1.10. The summed E-state index contributed by atoms with van der Waals surface area (Å²) in [7, 11) is 0. The number of hydrogen-bond donors (Lipinski definition) is 0. The summed E-state index contributed by atoms with van der Waals surface area (Å²) in [5.74, 6) is 1.44. The smallest absolute Gasteiger partial charge is 0.225 e. The number of piperidine rings is 2. The molecule has 0 unspecified atom stereocenters. The van der Waals surface area contributed by atoms with Crippen LogP contribution in [0.5, 0.6) is 0 Å². The van der Waals surface area contributed by atoms with Crippen molar-refractivity contribution in [2.75, 3.05) is 62.2 Å². The second-order valence-electron chi connectivity index (χ2n) is 10.2. The summed E-state index contributed by atoms with van der Waals surface area (Å²) < 4.78 is 0. The fraction of sp³-hybridized carbons (Fsp3) is 0.800. The Kier molecular flexibility index (Phi) is 7.10. The molecule has 1 aliphatic carbocycles. The van der Waals surface area contributed by atoms with E-state index in [2.05, 4.69) is 29.6 Å². The van der Waals surface area contributed by atoms with Crippen molar-refractivity contribution in [1.29, 1.82) is 0 Å². The van der Waals surface area contributed by atoms with E-state index in [1.165, 1.54) is 51.4 Å². The van der Waals surface area contributed by atoms with Crippen LogP contribution in [0.3, 0.4) is 0 Å². The van der Waals surface area contributed by atoms with Gasteiger partial charge in [-0.3, -0.25) is 9.69 Å². The first-order valence-electron chi connectivity index (χ1n) is 13.1. The van der Waals surface area contributed by atoms with Gasteiger partial charge < -0.3 is 14.7 Å². The molecule has 176 valence electrons. The highest BCUT2D eigenvalue weighted by Gasteiger charge is 2.32. The monoisotopic (exact) mass is 440 g/mol. The molecule has 0 radical (unpaired) electrons. The van der Waals surface area contributed by atoms with Crippen molar-refractivity contribution in [3.63, 3.8) is 0 Å². The molecule has 3 aliphatic heterocycles. The fourth-order valence-corrected chi connectivity index (χ4v) is 6.13. The molecule has 1 aromatic rings. The molecule has 0 aromatic carbocycles. The normalized spacial score (nSPS) is 24.7. The highest BCUT2D eigenvalue weighted by molar-refractivity contribution is 5.79. The maximum absolute atomic E-state index is 13.2. The number of carbonyl (C=O) groups is 1. The van der Waals surface area contributed by atoms with Crippen LogP contribution >= 0.6 is 0 Å². The Morgan fingerprint density at radius 2 is 1.31 bits per heavy atom. The first-order valence-corrected chi connectivity index (χ1v) is 13.1. The molecule has 1 aromatic heterocycles. The lowest BCUT2D eigenvalue weighted by Crippen LogP contribution is -2.54. The topological polar surface area (TPSA) is 55.8 Å². The Bertz CT molecular complexity index is 727. The molecule has 1 amide bonds. The van der Waals surface area contributed by atoms with E-state index in [1.54, 1.807) is 0 Å². The summed E-state index contributed by atoms with van der Waals surface area (Å²) in [6.07, 6.45) is 16.5. The van der Waals surface area contributed by atoms with E-state index < -0.39 is 0 Å². The third-order valence-electron chi connectivity index (χ3n) is 8.19. The average Bonchev–Trinajstić information content (AvgIpc) is 2.90. The van der Waals surface area contributed by atoms with E-state index in [-0.39, 0.29) is 5.92 Å². The number of aromatic nitrogens is 2. The van der Waals surface area contributed by atoms with Crippen molar-refractivity contribution in [3.05, 3.63) is 12.4 Å². The van der Waals surface area contributed by atoms with Crippen molar-refractivity contribution < 1.29 is 4.79 Å². The van der Waals surface area contributed by atoms with E-state index in [4.69, 9.17) is 0 Å². The Hall–Kier alpha value is -1.89. The number of piperazine rings is 1. The lowest BCUT2D eigenvalue weighted by molar-refractivity contribution is -0.138. The highest BCUT2D eigenvalue weighted by atomic mass is 16.2. The summed E-state index contributed by atoms with van der Waals surface area (Å²) in [4.78, 5) is 31.9. The maximum Gasteiger partial charge on any atom is 0.225 e. The number of anilines is 2. The minimum absolute atomic E-state index is 0.182. The Labute approximate surface area is 193 Å². The predicted molar refractivity (Wildman–Crippen MR) is 128 cm³/mol. The van der Waals surface area contributed by atoms with E-state index in [0.29, 0.717) is 5.91 Å². The molecule has 3 saturated heterocycles. The number of amides is 1. The van der Waals surface area contributed by atoms with Crippen LogP contribution < -0.4 is 9.80 Å². The highest BCUT2D eigenvalue weighted by Crippen LogP contribution is 2.27. The van der Waals surface area contributed by atoms with Crippen molar-refractivity contribution in [1.82, 2.24) is 19.8 Å². The molecule has 32 heavy (non-hydrogen) atoms. The molecular weight excluding hydrogens is 400 g/mol. The first-order chi connectivity index (χ1) is 15.8. The minimum Gasteiger partial charge on any atom is -0.369 e.